The molecule has 13 heteroatoms. The largest absolute Gasteiger partial charge is 0.479 e. The van der Waals surface area contributed by atoms with Crippen LogP contribution in [0.5, 0.6) is 5.75 Å². The minimum absolute atomic E-state index is 0.00870. The van der Waals surface area contributed by atoms with Crippen LogP contribution in [0.2, 0.25) is 0 Å². The van der Waals surface area contributed by atoms with Crippen molar-refractivity contribution < 1.29 is 31.3 Å². The van der Waals surface area contributed by atoms with Crippen LogP contribution in [0.25, 0.3) is 10.9 Å². The van der Waals surface area contributed by atoms with Gasteiger partial charge in [-0.2, -0.15) is 0 Å². The normalized spacial score (nSPS) is 13.8. The fourth-order valence-electron chi connectivity index (χ4n) is 3.05. The Hall–Kier alpha value is -3.61. The fraction of sp³-hybridized carbons (Fsp3) is 0.273. The zero-order chi connectivity index (χ0) is 25.8. The molecule has 0 bridgehead atoms. The van der Waals surface area contributed by atoms with Gasteiger partial charge < -0.3 is 20.1 Å². The van der Waals surface area contributed by atoms with Crippen molar-refractivity contribution in [2.75, 3.05) is 29.6 Å². The topological polar surface area (TPSA) is 105 Å². The molecule has 0 radical (unpaired) electrons. The Morgan fingerprint density at radius 1 is 1.17 bits per heavy atom. The number of amides is 1. The zero-order valence-corrected chi connectivity index (χ0v) is 19.6. The summed E-state index contributed by atoms with van der Waals surface area (Å²) in [6, 6.07) is 4.62. The Morgan fingerprint density at radius 3 is 2.54 bits per heavy atom. The van der Waals surface area contributed by atoms with Gasteiger partial charge in [0.15, 0.2) is 6.10 Å². The van der Waals surface area contributed by atoms with E-state index in [0.29, 0.717) is 0 Å². The van der Waals surface area contributed by atoms with Crippen molar-refractivity contribution in [3.05, 3.63) is 48.3 Å². The second-order valence-electron chi connectivity index (χ2n) is 7.72. The molecule has 0 saturated carbocycles. The van der Waals surface area contributed by atoms with Crippen molar-refractivity contribution in [1.29, 1.82) is 0 Å². The number of carbonyl (C=O) groups excluding carboxylic acids is 1. The molecule has 1 unspecified atom stereocenters. The second kappa shape index (κ2) is 10.8. The molecule has 8 nitrogen and oxygen atoms in total. The van der Waals surface area contributed by atoms with E-state index in [1.54, 1.807) is 0 Å². The molecular weight excluding hydrogens is 490 g/mol. The van der Waals surface area contributed by atoms with E-state index >= 15 is 0 Å². The number of fused-ring (bicyclic) bond motifs is 1. The minimum Gasteiger partial charge on any atom is -0.479 e. The number of nitrogens with zero attached hydrogens (tertiary/aromatic N) is 2. The second-order valence-corrected chi connectivity index (χ2v) is 9.94. The number of benzene rings is 2. The van der Waals surface area contributed by atoms with Gasteiger partial charge in [0.2, 0.25) is 0 Å². The maximum Gasteiger partial charge on any atom is 0.261 e. The van der Waals surface area contributed by atoms with Gasteiger partial charge in [0.1, 0.15) is 42.9 Å². The van der Waals surface area contributed by atoms with E-state index in [1.807, 2.05) is 0 Å². The number of aromatic nitrogens is 2. The smallest absolute Gasteiger partial charge is 0.261 e. The first-order valence-corrected chi connectivity index (χ1v) is 12.3. The molecule has 0 aliphatic heterocycles. The highest BCUT2D eigenvalue weighted by Gasteiger charge is 2.21. The summed E-state index contributed by atoms with van der Waals surface area (Å²) in [6.45, 7) is -0.884. The van der Waals surface area contributed by atoms with Gasteiger partial charge in [-0.25, -0.2) is 31.7 Å². The summed E-state index contributed by atoms with van der Waals surface area (Å²) in [4.78, 5) is 20.3. The quantitative estimate of drug-likeness (QED) is 0.283. The summed E-state index contributed by atoms with van der Waals surface area (Å²) in [7, 11) is -2.66. The number of nitrogens with one attached hydrogen (secondary N) is 3. The first-order chi connectivity index (χ1) is 16.5. The van der Waals surface area contributed by atoms with Gasteiger partial charge in [0.25, 0.3) is 5.91 Å². The highest BCUT2D eigenvalue weighted by Crippen LogP contribution is 2.33. The van der Waals surface area contributed by atoms with Gasteiger partial charge in [-0.15, -0.1) is 0 Å². The molecule has 3 N–H and O–H groups in total. The lowest BCUT2D eigenvalue weighted by atomic mass is 10.2. The summed E-state index contributed by atoms with van der Waals surface area (Å²) in [6.07, 6.45) is 1.28. The van der Waals surface area contributed by atoms with Crippen molar-refractivity contribution in [1.82, 2.24) is 15.3 Å². The first-order valence-electron chi connectivity index (χ1n) is 10.2. The number of hydrogen-bond acceptors (Lipinski definition) is 6. The third-order valence-corrected chi connectivity index (χ3v) is 5.28. The third-order valence-electron chi connectivity index (χ3n) is 4.61. The molecule has 0 aliphatic rings. The molecular formula is C22H23F4N5O3S. The molecule has 1 heterocycles. The van der Waals surface area contributed by atoms with E-state index in [1.165, 1.54) is 25.3 Å². The molecule has 0 saturated heterocycles. The molecule has 0 aliphatic carbocycles. The lowest BCUT2D eigenvalue weighted by Gasteiger charge is -2.20. The Morgan fingerprint density at radius 2 is 1.89 bits per heavy atom. The first kappa shape index (κ1) is 26.0. The Kier molecular flexibility index (Phi) is 7.99. The lowest BCUT2D eigenvalue weighted by molar-refractivity contribution is -0.128. The molecule has 2 aromatic carbocycles. The molecule has 35 heavy (non-hydrogen) atoms. The van der Waals surface area contributed by atoms with Crippen molar-refractivity contribution in [3.8, 4) is 5.75 Å². The van der Waals surface area contributed by atoms with Crippen LogP contribution in [0, 0.1) is 11.6 Å². The van der Waals surface area contributed by atoms with Gasteiger partial charge in [0.05, 0.1) is 28.3 Å². The molecule has 0 spiro atoms. The standard InChI is InChI=1S/C22H23F4N5O3S/c1-12(22(32)29-15(9-23)10-24)34-19-6-13(25)4-5-17(19)30-21-20-16(26)7-14(31-35(2,3)33)8-18(20)27-11-28-21/h4-8,11-12,15H,2,9-10H2,1,3H3,(H,29,32)(H,31,33)(H,27,28,30)/t12-,35?/m1/s1. The summed E-state index contributed by atoms with van der Waals surface area (Å²) in [5.74, 6) is 1.12. The Bertz CT molecular complexity index is 1340. The molecule has 1 aromatic heterocycles. The summed E-state index contributed by atoms with van der Waals surface area (Å²) < 4.78 is 74.4. The van der Waals surface area contributed by atoms with Crippen molar-refractivity contribution in [2.45, 2.75) is 19.1 Å². The van der Waals surface area contributed by atoms with E-state index in [-0.39, 0.29) is 33.8 Å². The summed E-state index contributed by atoms with van der Waals surface area (Å²) in [5, 5.41) is 4.96. The van der Waals surface area contributed by atoms with Crippen molar-refractivity contribution in [2.24, 2.45) is 0 Å². The third kappa shape index (κ3) is 6.72. The van der Waals surface area contributed by atoms with E-state index in [9.17, 15) is 26.6 Å². The molecule has 188 valence electrons. The highest BCUT2D eigenvalue weighted by atomic mass is 32.2. The maximum atomic E-state index is 15.0. The number of alkyl halides is 2. The van der Waals surface area contributed by atoms with Gasteiger partial charge in [0, 0.05) is 22.0 Å². The van der Waals surface area contributed by atoms with Crippen molar-refractivity contribution in [3.63, 3.8) is 0 Å². The predicted molar refractivity (Wildman–Crippen MR) is 128 cm³/mol. The molecule has 3 rings (SSSR count). The van der Waals surface area contributed by atoms with E-state index in [0.717, 1.165) is 24.5 Å². The molecule has 0 fully saturated rings. The molecule has 2 atom stereocenters. The highest BCUT2D eigenvalue weighted by molar-refractivity contribution is 8.00. The monoisotopic (exact) mass is 513 g/mol. The number of hydrogen-bond donors (Lipinski definition) is 3. The van der Waals surface area contributed by atoms with Crippen molar-refractivity contribution >= 4 is 49.6 Å². The van der Waals surface area contributed by atoms with Crippen LogP contribution in [0.4, 0.5) is 34.8 Å². The Labute approximate surface area is 199 Å². The van der Waals surface area contributed by atoms with Crippen LogP contribution < -0.4 is 20.1 Å². The van der Waals surface area contributed by atoms with Gasteiger partial charge in [-0.3, -0.25) is 4.79 Å². The lowest BCUT2D eigenvalue weighted by Crippen LogP contribution is -2.44. The van der Waals surface area contributed by atoms with Crippen LogP contribution in [0.3, 0.4) is 0 Å². The van der Waals surface area contributed by atoms with Gasteiger partial charge in [-0.1, -0.05) is 0 Å². The Balaban J connectivity index is 1.92. The zero-order valence-electron chi connectivity index (χ0n) is 18.8. The fourth-order valence-corrected chi connectivity index (χ4v) is 3.67. The van der Waals surface area contributed by atoms with Crippen LogP contribution in [0.15, 0.2) is 36.7 Å². The average molecular weight is 514 g/mol. The number of carbonyl (C=O) groups is 1. The number of rotatable bonds is 10. The number of halogens is 4. The molecule has 3 aromatic rings. The van der Waals surface area contributed by atoms with Crippen LogP contribution in [0.1, 0.15) is 6.92 Å². The number of anilines is 3. The predicted octanol–water partition coefficient (Wildman–Crippen LogP) is 3.52. The van der Waals surface area contributed by atoms with Crippen LogP contribution in [-0.2, 0) is 14.5 Å². The van der Waals surface area contributed by atoms with Crippen LogP contribution >= 0.6 is 0 Å². The minimum atomic E-state index is -2.66. The van der Waals surface area contributed by atoms with Gasteiger partial charge >= 0.3 is 0 Å². The van der Waals surface area contributed by atoms with E-state index < -0.39 is 52.7 Å². The summed E-state index contributed by atoms with van der Waals surface area (Å²) in [5.41, 5.74) is 0.511. The van der Waals surface area contributed by atoms with E-state index in [2.05, 4.69) is 31.2 Å². The molecule has 1 amide bonds. The average Bonchev–Trinajstić information content (AvgIpc) is 2.77. The maximum absolute atomic E-state index is 15.0. The van der Waals surface area contributed by atoms with E-state index in [4.69, 9.17) is 4.74 Å². The SMILES string of the molecule is C=S(C)(=O)Nc1cc(F)c2c(Nc3ccc(F)cc3O[C@H](C)C(=O)NC(CF)CF)ncnc2c1. The van der Waals surface area contributed by atoms with Crippen LogP contribution in [-0.4, -0.2) is 57.7 Å². The van der Waals surface area contributed by atoms with Gasteiger partial charge in [-0.05, 0) is 37.1 Å². The number of ether oxygens (including phenoxy) is 1. The summed E-state index contributed by atoms with van der Waals surface area (Å²) >= 11 is 0.